The van der Waals surface area contributed by atoms with Crippen molar-refractivity contribution in [2.75, 3.05) is 0 Å². The monoisotopic (exact) mass is 206 g/mol. The third-order valence-electron chi connectivity index (χ3n) is 1.55. The van der Waals surface area contributed by atoms with Gasteiger partial charge in [0.15, 0.2) is 0 Å². The maximum atomic E-state index is 5.91. The summed E-state index contributed by atoms with van der Waals surface area (Å²) >= 11 is 5.91. The standard InChI is InChI=1S/C12H11ClO/c1-3-7-10(4-2)14-12-9-6-5-8-11(12)13/h3-9H,1-2H2. The zero-order valence-electron chi connectivity index (χ0n) is 7.74. The Labute approximate surface area is 89.0 Å². The molecule has 1 aromatic carbocycles. The molecule has 0 saturated heterocycles. The topological polar surface area (TPSA) is 9.23 Å². The van der Waals surface area contributed by atoms with Crippen molar-refractivity contribution in [2.45, 2.75) is 0 Å². The van der Waals surface area contributed by atoms with E-state index >= 15 is 0 Å². The van der Waals surface area contributed by atoms with E-state index < -0.39 is 0 Å². The molecule has 0 fully saturated rings. The number of allylic oxidation sites excluding steroid dienone is 3. The average Bonchev–Trinajstić information content (AvgIpc) is 2.20. The molecule has 0 atom stereocenters. The molecule has 0 amide bonds. The van der Waals surface area contributed by atoms with E-state index in [0.29, 0.717) is 16.5 Å². The van der Waals surface area contributed by atoms with E-state index in [1.807, 2.05) is 12.1 Å². The van der Waals surface area contributed by atoms with E-state index in [1.54, 1.807) is 30.4 Å². The lowest BCUT2D eigenvalue weighted by molar-refractivity contribution is 0.445. The van der Waals surface area contributed by atoms with Gasteiger partial charge in [-0.2, -0.15) is 0 Å². The van der Waals surface area contributed by atoms with Gasteiger partial charge in [0, 0.05) is 0 Å². The van der Waals surface area contributed by atoms with Crippen LogP contribution in [0.1, 0.15) is 0 Å². The third-order valence-corrected chi connectivity index (χ3v) is 1.86. The maximum Gasteiger partial charge on any atom is 0.146 e. The molecule has 2 heteroatoms. The Morgan fingerprint density at radius 1 is 1.29 bits per heavy atom. The van der Waals surface area contributed by atoms with Gasteiger partial charge in [-0.05, 0) is 24.3 Å². The van der Waals surface area contributed by atoms with Crippen LogP contribution in [0.3, 0.4) is 0 Å². The van der Waals surface area contributed by atoms with Gasteiger partial charge < -0.3 is 4.74 Å². The van der Waals surface area contributed by atoms with E-state index in [1.165, 1.54) is 0 Å². The van der Waals surface area contributed by atoms with Crippen LogP contribution in [-0.4, -0.2) is 0 Å². The Bertz CT molecular complexity index is 366. The lowest BCUT2D eigenvalue weighted by Crippen LogP contribution is -1.91. The van der Waals surface area contributed by atoms with Crippen LogP contribution in [0, 0.1) is 0 Å². The van der Waals surface area contributed by atoms with Gasteiger partial charge in [0.25, 0.3) is 0 Å². The summed E-state index contributed by atoms with van der Waals surface area (Å²) in [6, 6.07) is 7.27. The predicted molar refractivity (Wildman–Crippen MR) is 60.6 cm³/mol. The molecular weight excluding hydrogens is 196 g/mol. The quantitative estimate of drug-likeness (QED) is 0.535. The van der Waals surface area contributed by atoms with E-state index in [-0.39, 0.29) is 0 Å². The van der Waals surface area contributed by atoms with Crippen molar-refractivity contribution in [3.8, 4) is 5.75 Å². The van der Waals surface area contributed by atoms with Gasteiger partial charge in [-0.3, -0.25) is 0 Å². The normalized spacial score (nSPS) is 10.8. The van der Waals surface area contributed by atoms with Gasteiger partial charge in [-0.15, -0.1) is 0 Å². The van der Waals surface area contributed by atoms with Gasteiger partial charge in [0.2, 0.25) is 0 Å². The molecule has 0 aromatic heterocycles. The molecule has 0 radical (unpaired) electrons. The highest BCUT2D eigenvalue weighted by Gasteiger charge is 2.00. The zero-order chi connectivity index (χ0) is 10.4. The summed E-state index contributed by atoms with van der Waals surface area (Å²) in [5, 5.41) is 0.573. The summed E-state index contributed by atoms with van der Waals surface area (Å²) in [6.07, 6.45) is 4.95. The Morgan fingerprint density at radius 3 is 2.57 bits per heavy atom. The average molecular weight is 207 g/mol. The summed E-state index contributed by atoms with van der Waals surface area (Å²) in [6.45, 7) is 7.20. The summed E-state index contributed by atoms with van der Waals surface area (Å²) in [4.78, 5) is 0. The predicted octanol–water partition coefficient (Wildman–Crippen LogP) is 3.97. The highest BCUT2D eigenvalue weighted by molar-refractivity contribution is 6.32. The zero-order valence-corrected chi connectivity index (χ0v) is 8.50. The molecule has 0 N–H and O–H groups in total. The molecule has 0 aliphatic rings. The van der Waals surface area contributed by atoms with Gasteiger partial charge >= 0.3 is 0 Å². The Morgan fingerprint density at radius 2 is 2.00 bits per heavy atom. The van der Waals surface area contributed by atoms with Gasteiger partial charge in [-0.1, -0.05) is 43.0 Å². The smallest absolute Gasteiger partial charge is 0.146 e. The van der Waals surface area contributed by atoms with Crippen molar-refractivity contribution in [1.82, 2.24) is 0 Å². The molecule has 72 valence electrons. The van der Waals surface area contributed by atoms with Crippen molar-refractivity contribution in [3.05, 3.63) is 66.4 Å². The summed E-state index contributed by atoms with van der Waals surface area (Å²) in [5.41, 5.74) is 0. The summed E-state index contributed by atoms with van der Waals surface area (Å²) < 4.78 is 5.47. The first-order valence-electron chi connectivity index (χ1n) is 4.15. The van der Waals surface area contributed by atoms with Crippen LogP contribution < -0.4 is 4.74 Å². The minimum Gasteiger partial charge on any atom is -0.456 e. The van der Waals surface area contributed by atoms with Crippen LogP contribution in [0.25, 0.3) is 0 Å². The van der Waals surface area contributed by atoms with Crippen LogP contribution in [0.15, 0.2) is 61.4 Å². The molecule has 0 bridgehead atoms. The fraction of sp³-hybridized carbons (Fsp3) is 0. The molecule has 1 rings (SSSR count). The largest absolute Gasteiger partial charge is 0.456 e. The first-order chi connectivity index (χ1) is 6.77. The van der Waals surface area contributed by atoms with Crippen LogP contribution in [0.2, 0.25) is 5.02 Å². The van der Waals surface area contributed by atoms with Crippen molar-refractivity contribution >= 4 is 11.6 Å². The van der Waals surface area contributed by atoms with Gasteiger partial charge in [-0.25, -0.2) is 0 Å². The second-order valence-electron chi connectivity index (χ2n) is 2.54. The van der Waals surface area contributed by atoms with Gasteiger partial charge in [0.1, 0.15) is 11.5 Å². The molecule has 0 aliphatic heterocycles. The fourth-order valence-electron chi connectivity index (χ4n) is 0.914. The first-order valence-corrected chi connectivity index (χ1v) is 4.53. The first kappa shape index (κ1) is 10.6. The number of para-hydroxylation sites is 1. The number of benzene rings is 1. The molecule has 0 heterocycles. The number of hydrogen-bond donors (Lipinski definition) is 0. The lowest BCUT2D eigenvalue weighted by atomic mass is 10.3. The van der Waals surface area contributed by atoms with E-state index in [4.69, 9.17) is 16.3 Å². The number of hydrogen-bond acceptors (Lipinski definition) is 1. The van der Waals surface area contributed by atoms with Crippen molar-refractivity contribution in [2.24, 2.45) is 0 Å². The molecule has 1 nitrogen and oxygen atoms in total. The lowest BCUT2D eigenvalue weighted by Gasteiger charge is -2.06. The maximum absolute atomic E-state index is 5.91. The van der Waals surface area contributed by atoms with Crippen LogP contribution >= 0.6 is 11.6 Å². The Kier molecular flexibility index (Phi) is 4.02. The third kappa shape index (κ3) is 2.79. The molecular formula is C12H11ClO. The second-order valence-corrected chi connectivity index (χ2v) is 2.95. The van der Waals surface area contributed by atoms with E-state index in [2.05, 4.69) is 13.2 Å². The number of rotatable bonds is 4. The fourth-order valence-corrected chi connectivity index (χ4v) is 1.09. The van der Waals surface area contributed by atoms with Gasteiger partial charge in [0.05, 0.1) is 5.02 Å². The molecule has 14 heavy (non-hydrogen) atoms. The van der Waals surface area contributed by atoms with Crippen molar-refractivity contribution in [1.29, 1.82) is 0 Å². The summed E-state index contributed by atoms with van der Waals surface area (Å²) in [5.74, 6) is 1.23. The van der Waals surface area contributed by atoms with Crippen LogP contribution in [0.4, 0.5) is 0 Å². The molecule has 0 unspecified atom stereocenters. The van der Waals surface area contributed by atoms with Crippen LogP contribution in [-0.2, 0) is 0 Å². The van der Waals surface area contributed by atoms with Crippen molar-refractivity contribution < 1.29 is 4.74 Å². The molecule has 0 saturated carbocycles. The summed E-state index contributed by atoms with van der Waals surface area (Å²) in [7, 11) is 0. The highest BCUT2D eigenvalue weighted by atomic mass is 35.5. The highest BCUT2D eigenvalue weighted by Crippen LogP contribution is 2.25. The second kappa shape index (κ2) is 5.30. The van der Waals surface area contributed by atoms with Crippen LogP contribution in [0.5, 0.6) is 5.75 Å². The Hall–Kier alpha value is -1.47. The Balaban J connectivity index is 2.87. The minimum absolute atomic E-state index is 0.573. The molecule has 0 spiro atoms. The minimum atomic E-state index is 0.573. The number of ether oxygens (including phenoxy) is 1. The van der Waals surface area contributed by atoms with Crippen molar-refractivity contribution in [3.63, 3.8) is 0 Å². The number of halogens is 1. The van der Waals surface area contributed by atoms with E-state index in [0.717, 1.165) is 0 Å². The molecule has 1 aromatic rings. The SMILES string of the molecule is C=CC=C(C=C)Oc1ccccc1Cl. The molecule has 0 aliphatic carbocycles. The van der Waals surface area contributed by atoms with E-state index in [9.17, 15) is 0 Å².